The van der Waals surface area contributed by atoms with Crippen molar-refractivity contribution in [2.24, 2.45) is 0 Å². The maximum atomic E-state index is 12.9. The molecule has 0 aliphatic carbocycles. The van der Waals surface area contributed by atoms with E-state index in [1.807, 2.05) is 0 Å². The molecule has 0 saturated heterocycles. The summed E-state index contributed by atoms with van der Waals surface area (Å²) in [7, 11) is 1.20. The van der Waals surface area contributed by atoms with E-state index in [9.17, 15) is 19.4 Å². The summed E-state index contributed by atoms with van der Waals surface area (Å²) in [5, 5.41) is 19.4. The van der Waals surface area contributed by atoms with E-state index in [1.165, 1.54) is 25.3 Å². The second kappa shape index (κ2) is 5.75. The summed E-state index contributed by atoms with van der Waals surface area (Å²) in [6.45, 7) is 1.62. The largest absolute Gasteiger partial charge is 0.469 e. The van der Waals surface area contributed by atoms with Gasteiger partial charge in [0.15, 0.2) is 0 Å². The number of hydrogen-bond donors (Lipinski definition) is 2. The molecule has 0 aromatic heterocycles. The van der Waals surface area contributed by atoms with Crippen molar-refractivity contribution in [2.75, 3.05) is 7.11 Å². The standard InChI is InChI=1S/C12H15FO4/c1-7-5-8(13)3-4-9(7)12(16)10(14)6-11(15)17-2/h3-5,10,12,14,16H,6H2,1-2H3. The summed E-state index contributed by atoms with van der Waals surface area (Å²) in [4.78, 5) is 10.9. The zero-order chi connectivity index (χ0) is 13.0. The van der Waals surface area contributed by atoms with Crippen LogP contribution in [0, 0.1) is 12.7 Å². The summed E-state index contributed by atoms with van der Waals surface area (Å²) in [6, 6.07) is 3.83. The molecule has 0 bridgehead atoms. The number of methoxy groups -OCH3 is 1. The minimum atomic E-state index is -1.27. The highest BCUT2D eigenvalue weighted by atomic mass is 19.1. The summed E-state index contributed by atoms with van der Waals surface area (Å²) < 4.78 is 17.2. The lowest BCUT2D eigenvalue weighted by Crippen LogP contribution is -2.23. The van der Waals surface area contributed by atoms with Gasteiger partial charge in [0, 0.05) is 0 Å². The quantitative estimate of drug-likeness (QED) is 0.776. The fourth-order valence-electron chi connectivity index (χ4n) is 1.54. The number of ether oxygens (including phenoxy) is 1. The number of benzene rings is 1. The number of aliphatic hydroxyl groups is 2. The first-order valence-corrected chi connectivity index (χ1v) is 5.14. The van der Waals surface area contributed by atoms with E-state index in [4.69, 9.17) is 0 Å². The predicted octanol–water partition coefficient (Wildman–Crippen LogP) is 1.09. The molecule has 1 aromatic carbocycles. The molecule has 17 heavy (non-hydrogen) atoms. The molecule has 2 N–H and O–H groups in total. The summed E-state index contributed by atoms with van der Waals surface area (Å²) in [5.41, 5.74) is 0.907. The van der Waals surface area contributed by atoms with Crippen molar-refractivity contribution in [3.63, 3.8) is 0 Å². The molecular formula is C12H15FO4. The third-order valence-electron chi connectivity index (χ3n) is 2.52. The van der Waals surface area contributed by atoms with Crippen molar-refractivity contribution in [3.05, 3.63) is 35.1 Å². The minimum absolute atomic E-state index is 0.311. The number of carbonyl (C=O) groups excluding carboxylic acids is 1. The Hall–Kier alpha value is -1.46. The Bertz CT molecular complexity index is 405. The number of halogens is 1. The highest BCUT2D eigenvalue weighted by Gasteiger charge is 2.23. The van der Waals surface area contributed by atoms with Crippen molar-refractivity contribution in [1.82, 2.24) is 0 Å². The van der Waals surface area contributed by atoms with Gasteiger partial charge in [-0.3, -0.25) is 4.79 Å². The van der Waals surface area contributed by atoms with Gasteiger partial charge >= 0.3 is 5.97 Å². The molecule has 1 rings (SSSR count). The highest BCUT2D eigenvalue weighted by molar-refractivity contribution is 5.69. The molecule has 0 aliphatic rings. The topological polar surface area (TPSA) is 66.8 Å². The van der Waals surface area contributed by atoms with Crippen LogP contribution in [0.3, 0.4) is 0 Å². The number of hydrogen-bond acceptors (Lipinski definition) is 4. The van der Waals surface area contributed by atoms with E-state index >= 15 is 0 Å². The van der Waals surface area contributed by atoms with E-state index in [1.54, 1.807) is 6.92 Å². The van der Waals surface area contributed by atoms with Gasteiger partial charge < -0.3 is 14.9 Å². The van der Waals surface area contributed by atoms with Crippen LogP contribution in [-0.4, -0.2) is 29.4 Å². The van der Waals surface area contributed by atoms with Crippen LogP contribution in [0.25, 0.3) is 0 Å². The SMILES string of the molecule is COC(=O)CC(O)C(O)c1ccc(F)cc1C. The van der Waals surface area contributed by atoms with E-state index in [2.05, 4.69) is 4.74 Å². The molecule has 0 radical (unpaired) electrons. The molecule has 2 unspecified atom stereocenters. The summed E-state index contributed by atoms with van der Waals surface area (Å²) in [5.74, 6) is -1.03. The molecular weight excluding hydrogens is 227 g/mol. The molecule has 2 atom stereocenters. The molecule has 94 valence electrons. The Balaban J connectivity index is 2.81. The average Bonchev–Trinajstić information content (AvgIpc) is 2.28. The number of esters is 1. The second-order valence-electron chi connectivity index (χ2n) is 3.79. The molecule has 0 amide bonds. The van der Waals surface area contributed by atoms with Crippen LogP contribution in [-0.2, 0) is 9.53 Å². The van der Waals surface area contributed by atoms with Gasteiger partial charge in [0.1, 0.15) is 11.9 Å². The maximum Gasteiger partial charge on any atom is 0.308 e. The number of aliphatic hydroxyl groups excluding tert-OH is 2. The van der Waals surface area contributed by atoms with Gasteiger partial charge in [0.25, 0.3) is 0 Å². The third kappa shape index (κ3) is 3.51. The number of rotatable bonds is 4. The van der Waals surface area contributed by atoms with Gasteiger partial charge in [-0.25, -0.2) is 4.39 Å². The van der Waals surface area contributed by atoms with Gasteiger partial charge in [-0.2, -0.15) is 0 Å². The molecule has 4 nitrogen and oxygen atoms in total. The molecule has 0 aliphatic heterocycles. The molecule has 1 aromatic rings. The molecule has 0 spiro atoms. The van der Waals surface area contributed by atoms with Crippen LogP contribution >= 0.6 is 0 Å². The average molecular weight is 242 g/mol. The number of carbonyl (C=O) groups is 1. The Morgan fingerprint density at radius 1 is 1.47 bits per heavy atom. The normalized spacial score (nSPS) is 14.2. The Kier molecular flexibility index (Phi) is 4.60. The smallest absolute Gasteiger partial charge is 0.308 e. The van der Waals surface area contributed by atoms with Crippen LogP contribution in [0.4, 0.5) is 4.39 Å². The van der Waals surface area contributed by atoms with Crippen LogP contribution in [0.2, 0.25) is 0 Å². The van der Waals surface area contributed by atoms with Gasteiger partial charge in [0.05, 0.1) is 19.6 Å². The summed E-state index contributed by atoms with van der Waals surface area (Å²) in [6.07, 6.45) is -2.82. The van der Waals surface area contributed by atoms with Crippen molar-refractivity contribution < 1.29 is 24.1 Å². The molecule has 5 heteroatoms. The van der Waals surface area contributed by atoms with Gasteiger partial charge in [-0.1, -0.05) is 6.07 Å². The maximum absolute atomic E-state index is 12.9. The first kappa shape index (κ1) is 13.6. The van der Waals surface area contributed by atoms with E-state index in [-0.39, 0.29) is 6.42 Å². The Morgan fingerprint density at radius 2 is 2.12 bits per heavy atom. The van der Waals surface area contributed by atoms with E-state index in [0.717, 1.165) is 0 Å². The van der Waals surface area contributed by atoms with Gasteiger partial charge in [0.2, 0.25) is 0 Å². The summed E-state index contributed by atoms with van der Waals surface area (Å²) >= 11 is 0. The monoisotopic (exact) mass is 242 g/mol. The molecule has 0 fully saturated rings. The van der Waals surface area contributed by atoms with Crippen molar-refractivity contribution in [1.29, 1.82) is 0 Å². The fourth-order valence-corrected chi connectivity index (χ4v) is 1.54. The lowest BCUT2D eigenvalue weighted by atomic mass is 9.98. The Labute approximate surface area is 98.7 Å². The fraction of sp³-hybridized carbons (Fsp3) is 0.417. The minimum Gasteiger partial charge on any atom is -0.469 e. The first-order valence-electron chi connectivity index (χ1n) is 5.14. The van der Waals surface area contributed by atoms with Crippen LogP contribution in [0.15, 0.2) is 18.2 Å². The first-order chi connectivity index (χ1) is 7.95. The van der Waals surface area contributed by atoms with Crippen molar-refractivity contribution in [3.8, 4) is 0 Å². The Morgan fingerprint density at radius 3 is 2.65 bits per heavy atom. The van der Waals surface area contributed by atoms with Crippen molar-refractivity contribution in [2.45, 2.75) is 25.6 Å². The lowest BCUT2D eigenvalue weighted by molar-refractivity contribution is -0.144. The molecule has 0 saturated carbocycles. The second-order valence-corrected chi connectivity index (χ2v) is 3.79. The van der Waals surface area contributed by atoms with Crippen LogP contribution < -0.4 is 0 Å². The van der Waals surface area contributed by atoms with Crippen molar-refractivity contribution >= 4 is 5.97 Å². The molecule has 0 heterocycles. The van der Waals surface area contributed by atoms with E-state index in [0.29, 0.717) is 11.1 Å². The van der Waals surface area contributed by atoms with Gasteiger partial charge in [-0.05, 0) is 30.2 Å². The highest BCUT2D eigenvalue weighted by Crippen LogP contribution is 2.23. The number of aryl methyl sites for hydroxylation is 1. The third-order valence-corrected chi connectivity index (χ3v) is 2.52. The zero-order valence-corrected chi connectivity index (χ0v) is 9.68. The van der Waals surface area contributed by atoms with Crippen LogP contribution in [0.5, 0.6) is 0 Å². The van der Waals surface area contributed by atoms with Gasteiger partial charge in [-0.15, -0.1) is 0 Å². The van der Waals surface area contributed by atoms with Crippen LogP contribution in [0.1, 0.15) is 23.7 Å². The predicted molar refractivity (Wildman–Crippen MR) is 58.7 cm³/mol. The van der Waals surface area contributed by atoms with E-state index < -0.39 is 24.0 Å². The zero-order valence-electron chi connectivity index (χ0n) is 9.68. The lowest BCUT2D eigenvalue weighted by Gasteiger charge is -2.18.